The highest BCUT2D eigenvalue weighted by atomic mass is 19.1. The normalized spacial score (nSPS) is 12.5. The molecule has 0 aromatic carbocycles. The first-order valence-corrected chi connectivity index (χ1v) is 3.16. The van der Waals surface area contributed by atoms with Crippen LogP contribution in [-0.4, -0.2) is 21.2 Å². The number of halogens is 1. The van der Waals surface area contributed by atoms with Crippen LogP contribution in [0.15, 0.2) is 6.20 Å². The minimum Gasteiger partial charge on any atom is -0.246 e. The summed E-state index contributed by atoms with van der Waals surface area (Å²) in [6, 6.07) is 1.85. The molecule has 1 aromatic rings. The van der Waals surface area contributed by atoms with Gasteiger partial charge in [0.2, 0.25) is 0 Å². The number of nitrogens with zero attached hydrogens (tertiary/aromatic N) is 4. The van der Waals surface area contributed by atoms with Gasteiger partial charge in [-0.05, 0) is 6.92 Å². The highest BCUT2D eigenvalue weighted by Gasteiger charge is 2.05. The monoisotopic (exact) mass is 154 g/mol. The van der Waals surface area contributed by atoms with Crippen LogP contribution in [0.5, 0.6) is 0 Å². The fourth-order valence-corrected chi connectivity index (χ4v) is 0.717. The lowest BCUT2D eigenvalue weighted by Gasteiger charge is -2.00. The van der Waals surface area contributed by atoms with Gasteiger partial charge in [-0.1, -0.05) is 5.21 Å². The van der Waals surface area contributed by atoms with E-state index in [1.54, 1.807) is 0 Å². The maximum atomic E-state index is 12.4. The van der Waals surface area contributed by atoms with Gasteiger partial charge in [0.1, 0.15) is 12.2 Å². The van der Waals surface area contributed by atoms with Crippen molar-refractivity contribution in [3.05, 3.63) is 11.9 Å². The van der Waals surface area contributed by atoms with Gasteiger partial charge in [0.25, 0.3) is 0 Å². The van der Waals surface area contributed by atoms with Crippen molar-refractivity contribution in [2.75, 3.05) is 0 Å². The summed E-state index contributed by atoms with van der Waals surface area (Å²) >= 11 is 0. The van der Waals surface area contributed by atoms with E-state index in [1.165, 1.54) is 17.8 Å². The Labute approximate surface area is 63.2 Å². The van der Waals surface area contributed by atoms with Gasteiger partial charge in [0, 0.05) is 0 Å². The summed E-state index contributed by atoms with van der Waals surface area (Å²) in [5.41, 5.74) is 0.287. The molecule has 0 radical (unpaired) electrons. The molecule has 1 atom stereocenters. The average Bonchev–Trinajstić information content (AvgIpc) is 2.34. The van der Waals surface area contributed by atoms with Crippen LogP contribution < -0.4 is 0 Å². The Bertz CT molecular complexity index is 272. The average molecular weight is 154 g/mol. The third-order valence-corrected chi connectivity index (χ3v) is 1.16. The Balaban J connectivity index is 2.79. The summed E-state index contributed by atoms with van der Waals surface area (Å²) in [6.45, 7) is 1.49. The third-order valence-electron chi connectivity index (χ3n) is 1.16. The fourth-order valence-electron chi connectivity index (χ4n) is 0.717. The molecule has 11 heavy (non-hydrogen) atoms. The Morgan fingerprint density at radius 3 is 3.18 bits per heavy atom. The fraction of sp³-hybridized carbons (Fsp3) is 0.500. The van der Waals surface area contributed by atoms with Gasteiger partial charge in [-0.15, -0.1) is 5.10 Å². The molecule has 0 aliphatic carbocycles. The first-order valence-electron chi connectivity index (χ1n) is 3.16. The molecule has 4 nitrogen and oxygen atoms in total. The van der Waals surface area contributed by atoms with Crippen LogP contribution in [0.25, 0.3) is 0 Å². The zero-order chi connectivity index (χ0) is 8.27. The maximum Gasteiger partial charge on any atom is 0.158 e. The standard InChI is InChI=1S/C6H7FN4/c1-5(7)4-11-6(2-8)3-9-10-11/h3,5H,4H2,1H3. The predicted octanol–water partition coefficient (Wildman–Crippen LogP) is 0.508. The van der Waals surface area contributed by atoms with Gasteiger partial charge in [-0.2, -0.15) is 5.26 Å². The Morgan fingerprint density at radius 1 is 1.91 bits per heavy atom. The van der Waals surface area contributed by atoms with Crippen molar-refractivity contribution in [3.8, 4) is 6.07 Å². The summed E-state index contributed by atoms with van der Waals surface area (Å²) in [4.78, 5) is 0. The summed E-state index contributed by atoms with van der Waals surface area (Å²) in [5.74, 6) is 0. The Hall–Kier alpha value is -1.44. The topological polar surface area (TPSA) is 54.5 Å². The second kappa shape index (κ2) is 3.10. The molecule has 0 amide bonds. The number of hydrogen-bond donors (Lipinski definition) is 0. The van der Waals surface area contributed by atoms with E-state index >= 15 is 0 Å². The summed E-state index contributed by atoms with van der Waals surface area (Å²) in [6.07, 6.45) is 0.298. The van der Waals surface area contributed by atoms with Gasteiger partial charge in [-0.25, -0.2) is 9.07 Å². The van der Waals surface area contributed by atoms with E-state index in [1.807, 2.05) is 6.07 Å². The third kappa shape index (κ3) is 1.74. The van der Waals surface area contributed by atoms with Crippen molar-refractivity contribution in [2.45, 2.75) is 19.6 Å². The van der Waals surface area contributed by atoms with Gasteiger partial charge in [0.05, 0.1) is 12.7 Å². The Morgan fingerprint density at radius 2 is 2.64 bits per heavy atom. The van der Waals surface area contributed by atoms with Crippen molar-refractivity contribution >= 4 is 0 Å². The van der Waals surface area contributed by atoms with Gasteiger partial charge in [-0.3, -0.25) is 0 Å². The van der Waals surface area contributed by atoms with E-state index in [9.17, 15) is 4.39 Å². The van der Waals surface area contributed by atoms with Crippen LogP contribution in [0.1, 0.15) is 12.6 Å². The van der Waals surface area contributed by atoms with Crippen molar-refractivity contribution in [1.29, 1.82) is 5.26 Å². The molecule has 1 rings (SSSR count). The summed E-state index contributed by atoms with van der Waals surface area (Å²) in [5, 5.41) is 15.4. The zero-order valence-electron chi connectivity index (χ0n) is 6.03. The molecular weight excluding hydrogens is 147 g/mol. The number of alkyl halides is 1. The van der Waals surface area contributed by atoms with Crippen molar-refractivity contribution in [1.82, 2.24) is 15.0 Å². The van der Waals surface area contributed by atoms with Crippen LogP contribution in [0.3, 0.4) is 0 Å². The second-order valence-electron chi connectivity index (χ2n) is 2.19. The van der Waals surface area contributed by atoms with E-state index in [0.29, 0.717) is 0 Å². The number of hydrogen-bond acceptors (Lipinski definition) is 3. The minimum atomic E-state index is -1.01. The molecule has 0 bridgehead atoms. The van der Waals surface area contributed by atoms with Crippen molar-refractivity contribution in [3.63, 3.8) is 0 Å². The molecule has 1 heterocycles. The lowest BCUT2D eigenvalue weighted by molar-refractivity contribution is 0.305. The highest BCUT2D eigenvalue weighted by Crippen LogP contribution is 1.97. The molecule has 0 spiro atoms. The van der Waals surface area contributed by atoms with Gasteiger partial charge < -0.3 is 0 Å². The van der Waals surface area contributed by atoms with E-state index in [4.69, 9.17) is 5.26 Å². The molecule has 1 unspecified atom stereocenters. The molecule has 1 aromatic heterocycles. The van der Waals surface area contributed by atoms with Crippen LogP contribution in [0.2, 0.25) is 0 Å². The van der Waals surface area contributed by atoms with Gasteiger partial charge >= 0.3 is 0 Å². The summed E-state index contributed by atoms with van der Waals surface area (Å²) in [7, 11) is 0. The van der Waals surface area contributed by atoms with E-state index in [2.05, 4.69) is 10.3 Å². The molecule has 0 aliphatic heterocycles. The number of rotatable bonds is 2. The molecule has 58 valence electrons. The predicted molar refractivity (Wildman–Crippen MR) is 35.3 cm³/mol. The summed E-state index contributed by atoms with van der Waals surface area (Å²) < 4.78 is 13.6. The van der Waals surface area contributed by atoms with E-state index in [-0.39, 0.29) is 12.2 Å². The number of aromatic nitrogens is 3. The quantitative estimate of drug-likeness (QED) is 0.623. The van der Waals surface area contributed by atoms with Crippen LogP contribution >= 0.6 is 0 Å². The zero-order valence-corrected chi connectivity index (χ0v) is 6.03. The molecule has 5 heteroatoms. The number of nitriles is 1. The molecule has 0 saturated carbocycles. The highest BCUT2D eigenvalue weighted by molar-refractivity contribution is 5.14. The SMILES string of the molecule is CC(F)Cn1nncc1C#N. The lowest BCUT2D eigenvalue weighted by Crippen LogP contribution is -2.10. The molecule has 0 fully saturated rings. The molecule has 0 aliphatic rings. The van der Waals surface area contributed by atoms with Crippen LogP contribution in [0, 0.1) is 11.3 Å². The Kier molecular flexibility index (Phi) is 2.16. The largest absolute Gasteiger partial charge is 0.246 e. The lowest BCUT2D eigenvalue weighted by atomic mass is 10.4. The van der Waals surface area contributed by atoms with Crippen LogP contribution in [0.4, 0.5) is 4.39 Å². The van der Waals surface area contributed by atoms with Crippen molar-refractivity contribution < 1.29 is 4.39 Å². The smallest absolute Gasteiger partial charge is 0.158 e. The second-order valence-corrected chi connectivity index (χ2v) is 2.19. The first kappa shape index (κ1) is 7.66. The maximum absolute atomic E-state index is 12.4. The molecule has 0 N–H and O–H groups in total. The molecule has 0 saturated heterocycles. The van der Waals surface area contributed by atoms with E-state index in [0.717, 1.165) is 0 Å². The van der Waals surface area contributed by atoms with Crippen LogP contribution in [-0.2, 0) is 6.54 Å². The van der Waals surface area contributed by atoms with Gasteiger partial charge in [0.15, 0.2) is 5.69 Å². The molecular formula is C6H7FN4. The van der Waals surface area contributed by atoms with Crippen molar-refractivity contribution in [2.24, 2.45) is 0 Å². The first-order chi connectivity index (χ1) is 5.24. The minimum absolute atomic E-state index is 0.0862. The van der Waals surface area contributed by atoms with E-state index < -0.39 is 6.17 Å².